The molecule has 0 aliphatic carbocycles. The molecule has 0 spiro atoms. The minimum absolute atomic E-state index is 0. The average molecular weight is 192 g/mol. The van der Waals surface area contributed by atoms with Crippen LogP contribution in [0.3, 0.4) is 0 Å². The van der Waals surface area contributed by atoms with Gasteiger partial charge in [0.25, 0.3) is 0 Å². The van der Waals surface area contributed by atoms with Gasteiger partial charge in [-0.2, -0.15) is 6.42 Å². The van der Waals surface area contributed by atoms with E-state index in [-0.39, 0.29) is 18.9 Å². The molecule has 2 aromatic rings. The van der Waals surface area contributed by atoms with E-state index in [1.165, 1.54) is 16.3 Å². The number of benzene rings is 2. The topological polar surface area (TPSA) is 9.23 Å². The zero-order valence-electron chi connectivity index (χ0n) is 9.29. The molecule has 0 aromatic heterocycles. The molecule has 0 radical (unpaired) electrons. The number of ether oxygens (including phenoxy) is 1. The summed E-state index contributed by atoms with van der Waals surface area (Å²) in [6.07, 6.45) is 0.835. The molecular weight excluding hydrogens is 179 g/mol. The summed E-state index contributed by atoms with van der Waals surface area (Å²) in [6, 6.07) is 12.5. The fraction of sp³-hybridized carbons (Fsp3) is 0.154. The second-order valence-corrected chi connectivity index (χ2v) is 3.30. The molecule has 0 unspecified atom stereocenters. The largest absolute Gasteiger partial charge is 1.00 e. The van der Waals surface area contributed by atoms with E-state index in [1.54, 1.807) is 7.11 Å². The molecule has 0 fully saturated rings. The Labute approximate surface area is 103 Å². The maximum Gasteiger partial charge on any atom is 1.00 e. The molecule has 0 amide bonds. The first-order valence-corrected chi connectivity index (χ1v) is 4.69. The first kappa shape index (κ1) is 12.2. The van der Waals surface area contributed by atoms with E-state index in [4.69, 9.17) is 4.74 Å². The summed E-state index contributed by atoms with van der Waals surface area (Å²) >= 11 is 0. The Morgan fingerprint density at radius 1 is 1.07 bits per heavy atom. The van der Waals surface area contributed by atoms with Gasteiger partial charge in [-0.3, -0.25) is 0 Å². The van der Waals surface area contributed by atoms with Crippen LogP contribution in [0.4, 0.5) is 0 Å². The molecule has 0 saturated carbocycles. The third kappa shape index (κ3) is 2.56. The third-order valence-corrected chi connectivity index (χ3v) is 2.40. The van der Waals surface area contributed by atoms with Gasteiger partial charge in [0.1, 0.15) is 5.75 Å². The normalized spacial score (nSPS) is 9.73. The predicted octanol–water partition coefficient (Wildman–Crippen LogP) is 0.229. The monoisotopic (exact) mass is 192 g/mol. The molecule has 0 aliphatic heterocycles. The summed E-state index contributed by atoms with van der Waals surface area (Å²) in [5, 5.41) is 2.45. The van der Waals surface area contributed by atoms with Gasteiger partial charge >= 0.3 is 18.9 Å². The van der Waals surface area contributed by atoms with Gasteiger partial charge in [0.05, 0.1) is 7.11 Å². The van der Waals surface area contributed by atoms with E-state index < -0.39 is 0 Å². The Kier molecular flexibility index (Phi) is 4.26. The van der Waals surface area contributed by atoms with E-state index >= 15 is 0 Å². The van der Waals surface area contributed by atoms with E-state index in [0.29, 0.717) is 0 Å². The van der Waals surface area contributed by atoms with Crippen molar-refractivity contribution >= 4 is 10.8 Å². The van der Waals surface area contributed by atoms with Crippen molar-refractivity contribution in [3.8, 4) is 5.75 Å². The van der Waals surface area contributed by atoms with Gasteiger partial charge in [0, 0.05) is 0 Å². The van der Waals surface area contributed by atoms with Crippen LogP contribution < -0.4 is 23.6 Å². The molecule has 0 aliphatic rings. The van der Waals surface area contributed by atoms with Gasteiger partial charge in [-0.25, -0.2) is 0 Å². The van der Waals surface area contributed by atoms with Gasteiger partial charge in [-0.1, -0.05) is 29.8 Å². The summed E-state index contributed by atoms with van der Waals surface area (Å²) in [5.41, 5.74) is 1.27. The fourth-order valence-electron chi connectivity index (χ4n) is 1.56. The molecule has 0 N–H and O–H groups in total. The first-order chi connectivity index (χ1) is 6.83. The van der Waals surface area contributed by atoms with Crippen LogP contribution in [0.15, 0.2) is 36.4 Å². The summed E-state index contributed by atoms with van der Waals surface area (Å²) in [7, 11) is 1.69. The Hall–Kier alpha value is -0.903. The standard InChI is InChI=1S/C13H13O.Li/c1-3-10-4-5-12-9-13(14-2)7-6-11(12)8-10;/h4-9H,1,3H2,2H3;/q-1;+1. The summed E-state index contributed by atoms with van der Waals surface area (Å²) in [4.78, 5) is 0. The molecular formula is C13H13LiO. The van der Waals surface area contributed by atoms with Gasteiger partial charge in [-0.05, 0) is 22.9 Å². The van der Waals surface area contributed by atoms with Crippen LogP contribution in [0.2, 0.25) is 0 Å². The zero-order valence-corrected chi connectivity index (χ0v) is 9.29. The molecule has 0 atom stereocenters. The molecule has 0 saturated heterocycles. The maximum atomic E-state index is 5.17. The Balaban J connectivity index is 0.00000112. The molecule has 72 valence electrons. The summed E-state index contributed by atoms with van der Waals surface area (Å²) in [6.45, 7) is 3.87. The van der Waals surface area contributed by atoms with Crippen molar-refractivity contribution in [3.05, 3.63) is 48.9 Å². The smallest absolute Gasteiger partial charge is 0.497 e. The molecule has 1 nitrogen and oxygen atoms in total. The van der Waals surface area contributed by atoms with Crippen molar-refractivity contribution in [3.63, 3.8) is 0 Å². The first-order valence-electron chi connectivity index (χ1n) is 4.69. The maximum absolute atomic E-state index is 5.17. The molecule has 0 bridgehead atoms. The number of methoxy groups -OCH3 is 1. The quantitative estimate of drug-likeness (QED) is 0.489. The molecule has 2 heteroatoms. The van der Waals surface area contributed by atoms with Crippen molar-refractivity contribution in [1.29, 1.82) is 0 Å². The van der Waals surface area contributed by atoms with E-state index in [9.17, 15) is 0 Å². The van der Waals surface area contributed by atoms with Crippen LogP contribution in [0, 0.1) is 6.92 Å². The fourth-order valence-corrected chi connectivity index (χ4v) is 1.56. The molecule has 15 heavy (non-hydrogen) atoms. The van der Waals surface area contributed by atoms with Crippen molar-refractivity contribution < 1.29 is 23.6 Å². The minimum atomic E-state index is 0. The number of fused-ring (bicyclic) bond motifs is 1. The van der Waals surface area contributed by atoms with E-state index in [0.717, 1.165) is 12.2 Å². The van der Waals surface area contributed by atoms with Crippen LogP contribution >= 0.6 is 0 Å². The van der Waals surface area contributed by atoms with Gasteiger partial charge in [0.15, 0.2) is 0 Å². The van der Waals surface area contributed by atoms with Crippen LogP contribution in [-0.4, -0.2) is 7.11 Å². The third-order valence-electron chi connectivity index (χ3n) is 2.40. The Morgan fingerprint density at radius 2 is 1.73 bits per heavy atom. The zero-order chi connectivity index (χ0) is 9.97. The second kappa shape index (κ2) is 5.26. The van der Waals surface area contributed by atoms with Crippen LogP contribution in [-0.2, 0) is 6.42 Å². The minimum Gasteiger partial charge on any atom is -0.497 e. The van der Waals surface area contributed by atoms with Gasteiger partial charge in [0.2, 0.25) is 0 Å². The van der Waals surface area contributed by atoms with Crippen LogP contribution in [0.25, 0.3) is 10.8 Å². The SMILES string of the molecule is [CH2-]Cc1ccc2cc(OC)ccc2c1.[Li+]. The number of hydrogen-bond acceptors (Lipinski definition) is 1. The number of rotatable bonds is 2. The molecule has 2 rings (SSSR count). The summed E-state index contributed by atoms with van der Waals surface area (Å²) in [5.74, 6) is 0.903. The van der Waals surface area contributed by atoms with Crippen molar-refractivity contribution in [2.75, 3.05) is 7.11 Å². The van der Waals surface area contributed by atoms with Crippen LogP contribution in [0.1, 0.15) is 5.56 Å². The van der Waals surface area contributed by atoms with Crippen molar-refractivity contribution in [1.82, 2.24) is 0 Å². The summed E-state index contributed by atoms with van der Waals surface area (Å²) < 4.78 is 5.17. The Bertz CT molecular complexity index is 408. The second-order valence-electron chi connectivity index (χ2n) is 3.30. The van der Waals surface area contributed by atoms with Crippen molar-refractivity contribution in [2.45, 2.75) is 6.42 Å². The van der Waals surface area contributed by atoms with Crippen molar-refractivity contribution in [2.24, 2.45) is 0 Å². The van der Waals surface area contributed by atoms with E-state index in [2.05, 4.69) is 31.2 Å². The number of hydrogen-bond donors (Lipinski definition) is 0. The van der Waals surface area contributed by atoms with E-state index in [1.807, 2.05) is 12.1 Å². The average Bonchev–Trinajstić information content (AvgIpc) is 2.27. The predicted molar refractivity (Wildman–Crippen MR) is 59.6 cm³/mol. The van der Waals surface area contributed by atoms with Gasteiger partial charge in [-0.15, -0.1) is 0 Å². The molecule has 0 heterocycles. The van der Waals surface area contributed by atoms with Gasteiger partial charge < -0.3 is 11.7 Å². The Morgan fingerprint density at radius 3 is 2.40 bits per heavy atom. The van der Waals surface area contributed by atoms with Crippen LogP contribution in [0.5, 0.6) is 5.75 Å². The molecule has 2 aromatic carbocycles.